The van der Waals surface area contributed by atoms with Gasteiger partial charge in [-0.15, -0.1) is 0 Å². The normalized spacial score (nSPS) is 17.1. The summed E-state index contributed by atoms with van der Waals surface area (Å²) in [6.45, 7) is 5.56. The summed E-state index contributed by atoms with van der Waals surface area (Å²) in [5.74, 6) is -1.59. The zero-order valence-corrected chi connectivity index (χ0v) is 25.4. The molecular formula is C37H47F3O2. The summed E-state index contributed by atoms with van der Waals surface area (Å²) in [5.41, 5.74) is 3.14. The molecule has 0 atom stereocenters. The van der Waals surface area contributed by atoms with E-state index in [2.05, 4.69) is 13.8 Å². The van der Waals surface area contributed by atoms with E-state index in [0.29, 0.717) is 47.8 Å². The molecular weight excluding hydrogens is 533 g/mol. The molecule has 3 aromatic rings. The van der Waals surface area contributed by atoms with Gasteiger partial charge in [-0.05, 0) is 47.6 Å². The van der Waals surface area contributed by atoms with Crippen LogP contribution in [0, 0.1) is 23.4 Å². The van der Waals surface area contributed by atoms with Gasteiger partial charge in [-0.25, -0.2) is 13.2 Å². The second-order valence-corrected chi connectivity index (χ2v) is 11.8. The molecule has 4 rings (SSSR count). The van der Waals surface area contributed by atoms with Crippen LogP contribution in [0.3, 0.4) is 0 Å². The van der Waals surface area contributed by atoms with Gasteiger partial charge in [0.15, 0.2) is 17.9 Å². The van der Waals surface area contributed by atoms with E-state index >= 15 is 8.78 Å². The Balaban J connectivity index is 1.33. The highest BCUT2D eigenvalue weighted by Crippen LogP contribution is 2.33. The van der Waals surface area contributed by atoms with Crippen molar-refractivity contribution in [3.8, 4) is 22.3 Å². The van der Waals surface area contributed by atoms with E-state index in [1.54, 1.807) is 30.3 Å². The van der Waals surface area contributed by atoms with Crippen molar-refractivity contribution < 1.29 is 22.6 Å². The Morgan fingerprint density at radius 1 is 0.619 bits per heavy atom. The SMILES string of the molecule is CCCCCCCCc1ccc(-c2ccc(-c3ccc(C4OCC(CCCCCCC)CO4)c(F)c3)cc2)c(F)c1F. The highest BCUT2D eigenvalue weighted by atomic mass is 19.2. The van der Waals surface area contributed by atoms with Crippen LogP contribution in [0.25, 0.3) is 22.3 Å². The van der Waals surface area contributed by atoms with Crippen LogP contribution in [0.5, 0.6) is 0 Å². The molecule has 0 spiro atoms. The Labute approximate surface area is 250 Å². The first kappa shape index (κ1) is 32.3. The fourth-order valence-corrected chi connectivity index (χ4v) is 5.77. The van der Waals surface area contributed by atoms with E-state index < -0.39 is 17.9 Å². The summed E-state index contributed by atoms with van der Waals surface area (Å²) < 4.78 is 56.7. The lowest BCUT2D eigenvalue weighted by molar-refractivity contribution is -0.207. The predicted octanol–water partition coefficient (Wildman–Crippen LogP) is 11.4. The van der Waals surface area contributed by atoms with Crippen molar-refractivity contribution in [2.24, 2.45) is 5.92 Å². The highest BCUT2D eigenvalue weighted by Gasteiger charge is 2.25. The number of unbranched alkanes of at least 4 members (excludes halogenated alkanes) is 9. The number of ether oxygens (including phenoxy) is 2. The van der Waals surface area contributed by atoms with Crippen LogP contribution in [0.2, 0.25) is 0 Å². The van der Waals surface area contributed by atoms with Gasteiger partial charge in [0.2, 0.25) is 0 Å². The van der Waals surface area contributed by atoms with Gasteiger partial charge >= 0.3 is 0 Å². The van der Waals surface area contributed by atoms with Crippen LogP contribution >= 0.6 is 0 Å². The minimum absolute atomic E-state index is 0.234. The third kappa shape index (κ3) is 8.94. The smallest absolute Gasteiger partial charge is 0.186 e. The number of aryl methyl sites for hydroxylation is 1. The van der Waals surface area contributed by atoms with Gasteiger partial charge in [0, 0.05) is 17.0 Å². The lowest BCUT2D eigenvalue weighted by atomic mass is 9.97. The Morgan fingerprint density at radius 3 is 1.88 bits per heavy atom. The molecule has 0 aromatic heterocycles. The van der Waals surface area contributed by atoms with Crippen LogP contribution in [0.15, 0.2) is 54.6 Å². The van der Waals surface area contributed by atoms with Crippen LogP contribution in [0.4, 0.5) is 13.2 Å². The van der Waals surface area contributed by atoms with Crippen LogP contribution < -0.4 is 0 Å². The summed E-state index contributed by atoms with van der Waals surface area (Å²) in [7, 11) is 0. The van der Waals surface area contributed by atoms with Crippen molar-refractivity contribution in [2.45, 2.75) is 104 Å². The van der Waals surface area contributed by atoms with E-state index in [1.807, 2.05) is 18.2 Å². The molecule has 1 heterocycles. The molecule has 0 N–H and O–H groups in total. The molecule has 42 heavy (non-hydrogen) atoms. The van der Waals surface area contributed by atoms with Crippen LogP contribution in [-0.4, -0.2) is 13.2 Å². The quantitative estimate of drug-likeness (QED) is 0.157. The molecule has 0 saturated carbocycles. The summed E-state index contributed by atoms with van der Waals surface area (Å²) >= 11 is 0. The van der Waals surface area contributed by atoms with Crippen LogP contribution in [-0.2, 0) is 15.9 Å². The number of hydrogen-bond acceptors (Lipinski definition) is 2. The standard InChI is InChI=1S/C37H47F3O2/c1-3-5-7-9-11-13-15-30-20-22-32(36(40)35(30)39)29-18-16-28(17-19-29)31-21-23-33(34(38)24-31)37-41-25-27(26-42-37)14-12-10-8-6-4-2/h16-24,27,37H,3-15,25-26H2,1-2H3. The number of benzene rings is 3. The van der Waals surface area contributed by atoms with Crippen molar-refractivity contribution in [1.82, 2.24) is 0 Å². The van der Waals surface area contributed by atoms with Crippen molar-refractivity contribution in [2.75, 3.05) is 13.2 Å². The Bertz CT molecular complexity index is 1230. The third-order valence-corrected chi connectivity index (χ3v) is 8.43. The summed E-state index contributed by atoms with van der Waals surface area (Å²) in [6, 6.07) is 15.5. The molecule has 0 radical (unpaired) electrons. The maximum absolute atomic E-state index is 15.1. The number of hydrogen-bond donors (Lipinski definition) is 0. The molecule has 5 heteroatoms. The Morgan fingerprint density at radius 2 is 1.21 bits per heavy atom. The monoisotopic (exact) mass is 580 g/mol. The summed E-state index contributed by atoms with van der Waals surface area (Å²) in [4.78, 5) is 0. The molecule has 228 valence electrons. The molecule has 0 unspecified atom stereocenters. The number of halogens is 3. The van der Waals surface area contributed by atoms with Crippen molar-refractivity contribution in [1.29, 1.82) is 0 Å². The fraction of sp³-hybridized carbons (Fsp3) is 0.514. The van der Waals surface area contributed by atoms with Gasteiger partial charge in [0.05, 0.1) is 13.2 Å². The number of rotatable bonds is 16. The van der Waals surface area contributed by atoms with Gasteiger partial charge in [-0.1, -0.05) is 127 Å². The predicted molar refractivity (Wildman–Crippen MR) is 166 cm³/mol. The largest absolute Gasteiger partial charge is 0.348 e. The first-order valence-corrected chi connectivity index (χ1v) is 16.1. The average Bonchev–Trinajstić information content (AvgIpc) is 3.01. The average molecular weight is 581 g/mol. The molecule has 0 aliphatic carbocycles. The van der Waals surface area contributed by atoms with Gasteiger partial charge in [-0.2, -0.15) is 0 Å². The first-order valence-electron chi connectivity index (χ1n) is 16.1. The van der Waals surface area contributed by atoms with E-state index in [9.17, 15) is 4.39 Å². The highest BCUT2D eigenvalue weighted by molar-refractivity contribution is 5.71. The molecule has 1 fully saturated rings. The van der Waals surface area contributed by atoms with E-state index in [0.717, 1.165) is 31.2 Å². The maximum atomic E-state index is 15.1. The second kappa shape index (κ2) is 16.9. The summed E-state index contributed by atoms with van der Waals surface area (Å²) in [6.07, 6.45) is 13.8. The van der Waals surface area contributed by atoms with Crippen molar-refractivity contribution >= 4 is 0 Å². The second-order valence-electron chi connectivity index (χ2n) is 11.8. The van der Waals surface area contributed by atoms with E-state index in [4.69, 9.17) is 9.47 Å². The van der Waals surface area contributed by atoms with Crippen molar-refractivity contribution in [3.63, 3.8) is 0 Å². The fourth-order valence-electron chi connectivity index (χ4n) is 5.77. The first-order chi connectivity index (χ1) is 20.5. The lowest BCUT2D eigenvalue weighted by Gasteiger charge is -2.30. The molecule has 0 amide bonds. The van der Waals surface area contributed by atoms with Gasteiger partial charge in [-0.3, -0.25) is 0 Å². The Kier molecular flexibility index (Phi) is 13.0. The van der Waals surface area contributed by atoms with E-state index in [1.165, 1.54) is 57.4 Å². The van der Waals surface area contributed by atoms with Crippen LogP contribution in [0.1, 0.15) is 108 Å². The summed E-state index contributed by atoms with van der Waals surface area (Å²) in [5, 5.41) is 0. The zero-order chi connectivity index (χ0) is 29.7. The van der Waals surface area contributed by atoms with Crippen molar-refractivity contribution in [3.05, 3.63) is 83.2 Å². The maximum Gasteiger partial charge on any atom is 0.186 e. The molecule has 0 bridgehead atoms. The third-order valence-electron chi connectivity index (χ3n) is 8.43. The molecule has 1 aliphatic rings. The van der Waals surface area contributed by atoms with Gasteiger partial charge in [0.25, 0.3) is 0 Å². The molecule has 2 nitrogen and oxygen atoms in total. The molecule has 1 aliphatic heterocycles. The minimum atomic E-state index is -0.812. The molecule has 3 aromatic carbocycles. The van der Waals surface area contributed by atoms with E-state index in [-0.39, 0.29) is 11.4 Å². The topological polar surface area (TPSA) is 18.5 Å². The minimum Gasteiger partial charge on any atom is -0.348 e. The van der Waals surface area contributed by atoms with Gasteiger partial charge < -0.3 is 9.47 Å². The molecule has 1 saturated heterocycles. The Hall–Kier alpha value is -2.63. The lowest BCUT2D eigenvalue weighted by Crippen LogP contribution is -2.27. The zero-order valence-electron chi connectivity index (χ0n) is 25.4. The van der Waals surface area contributed by atoms with Gasteiger partial charge in [0.1, 0.15) is 5.82 Å².